The minimum absolute atomic E-state index is 0.239. The third kappa shape index (κ3) is 4.07. The van der Waals surface area contributed by atoms with Gasteiger partial charge in [0, 0.05) is 17.3 Å². The molecule has 0 atom stereocenters. The Balaban J connectivity index is 1.96. The summed E-state index contributed by atoms with van der Waals surface area (Å²) in [6, 6.07) is 18.3. The summed E-state index contributed by atoms with van der Waals surface area (Å²) in [7, 11) is 0. The highest BCUT2D eigenvalue weighted by molar-refractivity contribution is 5.61. The van der Waals surface area contributed by atoms with Gasteiger partial charge in [0.05, 0.1) is 0 Å². The van der Waals surface area contributed by atoms with Gasteiger partial charge in [0.15, 0.2) is 5.82 Å². The number of hydrogen-bond acceptors (Lipinski definition) is 5. The van der Waals surface area contributed by atoms with Crippen molar-refractivity contribution in [3.8, 4) is 11.4 Å². The van der Waals surface area contributed by atoms with Crippen LogP contribution < -0.4 is 10.6 Å². The lowest BCUT2D eigenvalue weighted by Crippen LogP contribution is -2.14. The highest BCUT2D eigenvalue weighted by Crippen LogP contribution is 2.20. The second-order valence-electron chi connectivity index (χ2n) is 5.96. The first-order valence-corrected chi connectivity index (χ1v) is 8.02. The van der Waals surface area contributed by atoms with Crippen LogP contribution in [0.25, 0.3) is 11.4 Å². The van der Waals surface area contributed by atoms with Crippen molar-refractivity contribution in [1.82, 2.24) is 15.0 Å². The number of benzene rings is 2. The molecule has 0 bridgehead atoms. The zero-order chi connectivity index (χ0) is 16.9. The second-order valence-corrected chi connectivity index (χ2v) is 5.96. The number of nitrogens with zero attached hydrogens (tertiary/aromatic N) is 3. The van der Waals surface area contributed by atoms with Crippen LogP contribution >= 0.6 is 0 Å². The van der Waals surface area contributed by atoms with Gasteiger partial charge >= 0.3 is 0 Å². The van der Waals surface area contributed by atoms with Crippen molar-refractivity contribution in [1.29, 1.82) is 0 Å². The van der Waals surface area contributed by atoms with Crippen LogP contribution in [0, 0.1) is 6.92 Å². The second kappa shape index (κ2) is 7.08. The predicted octanol–water partition coefficient (Wildman–Crippen LogP) is 4.41. The van der Waals surface area contributed by atoms with Gasteiger partial charge in [-0.1, -0.05) is 48.0 Å². The summed E-state index contributed by atoms with van der Waals surface area (Å²) in [6.07, 6.45) is 0. The molecule has 2 aromatic carbocycles. The average Bonchev–Trinajstić information content (AvgIpc) is 2.57. The number of aryl methyl sites for hydroxylation is 1. The van der Waals surface area contributed by atoms with Crippen molar-refractivity contribution in [3.05, 3.63) is 60.2 Å². The Labute approximate surface area is 142 Å². The van der Waals surface area contributed by atoms with E-state index in [4.69, 9.17) is 0 Å². The van der Waals surface area contributed by atoms with Gasteiger partial charge in [0.2, 0.25) is 11.9 Å². The van der Waals surface area contributed by atoms with Gasteiger partial charge in [-0.2, -0.15) is 15.0 Å². The molecule has 5 heteroatoms. The van der Waals surface area contributed by atoms with Crippen LogP contribution in [0.1, 0.15) is 19.4 Å². The number of nitrogens with one attached hydrogen (secondary N) is 2. The molecule has 0 saturated heterocycles. The third-order valence-electron chi connectivity index (χ3n) is 3.39. The van der Waals surface area contributed by atoms with E-state index in [2.05, 4.69) is 58.5 Å². The molecule has 0 aliphatic carbocycles. The first kappa shape index (κ1) is 15.9. The van der Waals surface area contributed by atoms with Crippen molar-refractivity contribution < 1.29 is 0 Å². The normalized spacial score (nSPS) is 10.7. The van der Waals surface area contributed by atoms with E-state index in [1.807, 2.05) is 42.5 Å². The lowest BCUT2D eigenvalue weighted by molar-refractivity contribution is 0.869. The van der Waals surface area contributed by atoms with E-state index in [1.54, 1.807) is 0 Å². The van der Waals surface area contributed by atoms with Crippen molar-refractivity contribution >= 4 is 17.6 Å². The largest absolute Gasteiger partial charge is 0.352 e. The maximum atomic E-state index is 4.56. The van der Waals surface area contributed by atoms with Gasteiger partial charge in [-0.25, -0.2) is 0 Å². The van der Waals surface area contributed by atoms with Crippen LogP contribution in [0.5, 0.6) is 0 Å². The SMILES string of the molecule is Cc1ccc(Nc2nc(NC(C)C)nc(-c3ccccc3)n2)cc1. The summed E-state index contributed by atoms with van der Waals surface area (Å²) < 4.78 is 0. The monoisotopic (exact) mass is 319 g/mol. The summed E-state index contributed by atoms with van der Waals surface area (Å²) in [5, 5.41) is 6.50. The Bertz CT molecular complexity index is 798. The topological polar surface area (TPSA) is 62.7 Å². The summed E-state index contributed by atoms with van der Waals surface area (Å²) in [6.45, 7) is 6.17. The van der Waals surface area contributed by atoms with Gasteiger partial charge in [-0.3, -0.25) is 0 Å². The van der Waals surface area contributed by atoms with Crippen molar-refractivity contribution in [2.75, 3.05) is 10.6 Å². The molecular formula is C19H21N5. The number of hydrogen-bond donors (Lipinski definition) is 2. The van der Waals surface area contributed by atoms with Gasteiger partial charge in [-0.15, -0.1) is 0 Å². The van der Waals surface area contributed by atoms with Crippen LogP contribution in [0.2, 0.25) is 0 Å². The maximum Gasteiger partial charge on any atom is 0.232 e. The highest BCUT2D eigenvalue weighted by Gasteiger charge is 2.09. The van der Waals surface area contributed by atoms with E-state index in [-0.39, 0.29) is 6.04 Å². The van der Waals surface area contributed by atoms with Gasteiger partial charge in [-0.05, 0) is 32.9 Å². The van der Waals surface area contributed by atoms with Gasteiger partial charge < -0.3 is 10.6 Å². The minimum Gasteiger partial charge on any atom is -0.352 e. The Hall–Kier alpha value is -2.95. The Kier molecular flexibility index (Phi) is 4.70. The summed E-state index contributed by atoms with van der Waals surface area (Å²) >= 11 is 0. The van der Waals surface area contributed by atoms with E-state index >= 15 is 0 Å². The summed E-state index contributed by atoms with van der Waals surface area (Å²) in [4.78, 5) is 13.6. The van der Waals surface area contributed by atoms with E-state index < -0.39 is 0 Å². The van der Waals surface area contributed by atoms with Crippen LogP contribution in [0.3, 0.4) is 0 Å². The van der Waals surface area contributed by atoms with Crippen molar-refractivity contribution in [3.63, 3.8) is 0 Å². The molecule has 0 aliphatic rings. The zero-order valence-corrected chi connectivity index (χ0v) is 14.1. The molecule has 0 unspecified atom stereocenters. The number of rotatable bonds is 5. The molecule has 0 spiro atoms. The molecular weight excluding hydrogens is 298 g/mol. The average molecular weight is 319 g/mol. The fraction of sp³-hybridized carbons (Fsp3) is 0.211. The summed E-state index contributed by atoms with van der Waals surface area (Å²) in [5.41, 5.74) is 3.11. The fourth-order valence-corrected chi connectivity index (χ4v) is 2.24. The molecule has 24 heavy (non-hydrogen) atoms. The fourth-order valence-electron chi connectivity index (χ4n) is 2.24. The first-order chi connectivity index (χ1) is 11.6. The molecule has 0 saturated carbocycles. The Morgan fingerprint density at radius 2 is 1.46 bits per heavy atom. The van der Waals surface area contributed by atoms with Crippen LogP contribution in [-0.2, 0) is 0 Å². The molecule has 0 fully saturated rings. The molecule has 0 amide bonds. The Morgan fingerprint density at radius 3 is 2.12 bits per heavy atom. The quantitative estimate of drug-likeness (QED) is 0.729. The molecule has 1 aromatic heterocycles. The van der Waals surface area contributed by atoms with Crippen LogP contribution in [0.4, 0.5) is 17.6 Å². The van der Waals surface area contributed by atoms with Crippen LogP contribution in [0.15, 0.2) is 54.6 Å². The number of aromatic nitrogens is 3. The Morgan fingerprint density at radius 1 is 0.792 bits per heavy atom. The molecule has 122 valence electrons. The third-order valence-corrected chi connectivity index (χ3v) is 3.39. The van der Waals surface area contributed by atoms with E-state index in [9.17, 15) is 0 Å². The first-order valence-electron chi connectivity index (χ1n) is 8.02. The van der Waals surface area contributed by atoms with Crippen molar-refractivity contribution in [2.45, 2.75) is 26.8 Å². The molecule has 5 nitrogen and oxygen atoms in total. The molecule has 0 aliphatic heterocycles. The molecule has 0 radical (unpaired) electrons. The molecule has 3 aromatic rings. The van der Waals surface area contributed by atoms with Crippen molar-refractivity contribution in [2.24, 2.45) is 0 Å². The van der Waals surface area contributed by atoms with E-state index in [0.717, 1.165) is 11.3 Å². The maximum absolute atomic E-state index is 4.56. The molecule has 3 rings (SSSR count). The van der Waals surface area contributed by atoms with Gasteiger partial charge in [0.1, 0.15) is 0 Å². The molecule has 1 heterocycles. The number of anilines is 3. The standard InChI is InChI=1S/C19H21N5/c1-13(2)20-18-22-17(15-7-5-4-6-8-15)23-19(24-18)21-16-11-9-14(3)10-12-16/h4-13H,1-3H3,(H2,20,21,22,23,24). The highest BCUT2D eigenvalue weighted by atomic mass is 15.2. The summed E-state index contributed by atoms with van der Waals surface area (Å²) in [5.74, 6) is 1.73. The zero-order valence-electron chi connectivity index (χ0n) is 14.1. The lowest BCUT2D eigenvalue weighted by atomic mass is 10.2. The van der Waals surface area contributed by atoms with Gasteiger partial charge in [0.25, 0.3) is 0 Å². The van der Waals surface area contributed by atoms with E-state index in [0.29, 0.717) is 17.7 Å². The van der Waals surface area contributed by atoms with Crippen LogP contribution in [-0.4, -0.2) is 21.0 Å². The lowest BCUT2D eigenvalue weighted by Gasteiger charge is -2.12. The van der Waals surface area contributed by atoms with E-state index in [1.165, 1.54) is 5.56 Å². The predicted molar refractivity (Wildman–Crippen MR) is 98.5 cm³/mol. The minimum atomic E-state index is 0.239. The smallest absolute Gasteiger partial charge is 0.232 e. The molecule has 2 N–H and O–H groups in total.